The van der Waals surface area contributed by atoms with Crippen molar-refractivity contribution < 1.29 is 15.0 Å². The summed E-state index contributed by atoms with van der Waals surface area (Å²) in [7, 11) is 0. The molecule has 0 unspecified atom stereocenters. The highest BCUT2D eigenvalue weighted by Crippen LogP contribution is 2.29. The fraction of sp³-hybridized carbons (Fsp3) is 0.800. The van der Waals surface area contributed by atoms with Crippen molar-refractivity contribution in [2.75, 3.05) is 0 Å². The molecule has 0 aromatic heterocycles. The van der Waals surface area contributed by atoms with Gasteiger partial charge in [-0.05, 0) is 12.8 Å². The number of rotatable bonds is 1. The predicted molar refractivity (Wildman–Crippen MR) is 29.8 cm³/mol. The van der Waals surface area contributed by atoms with Crippen molar-refractivity contribution in [2.45, 2.75) is 24.5 Å². The lowest BCUT2D eigenvalue weighted by molar-refractivity contribution is -0.155. The first kappa shape index (κ1) is 6.51. The molecular weight excluding hydrogens is 122 g/mol. The number of carboxylic acids is 1. The fourth-order valence-corrected chi connectivity index (χ4v) is 0.834. The topological polar surface area (TPSA) is 83.6 Å². The first-order valence-electron chi connectivity index (χ1n) is 2.78. The van der Waals surface area contributed by atoms with Crippen LogP contribution in [0.2, 0.25) is 0 Å². The third kappa shape index (κ3) is 0.710. The van der Waals surface area contributed by atoms with Crippen molar-refractivity contribution in [3.8, 4) is 0 Å². The molecule has 4 nitrogen and oxygen atoms in total. The number of aliphatic carboxylic acids is 1. The first-order valence-corrected chi connectivity index (χ1v) is 2.78. The number of aliphatic hydroxyl groups is 1. The number of nitrogens with two attached hydrogens (primary N) is 1. The van der Waals surface area contributed by atoms with E-state index in [4.69, 9.17) is 15.9 Å². The number of hydrogen-bond acceptors (Lipinski definition) is 3. The van der Waals surface area contributed by atoms with Gasteiger partial charge in [0.1, 0.15) is 5.54 Å². The summed E-state index contributed by atoms with van der Waals surface area (Å²) >= 11 is 0. The fourth-order valence-electron chi connectivity index (χ4n) is 0.834. The second kappa shape index (κ2) is 1.68. The van der Waals surface area contributed by atoms with Crippen LogP contribution in [0, 0.1) is 0 Å². The van der Waals surface area contributed by atoms with Crippen LogP contribution in [0.25, 0.3) is 0 Å². The van der Waals surface area contributed by atoms with Gasteiger partial charge in [0.15, 0.2) is 0 Å². The summed E-state index contributed by atoms with van der Waals surface area (Å²) in [5, 5.41) is 17.2. The van der Waals surface area contributed by atoms with Gasteiger partial charge in [0.25, 0.3) is 0 Å². The summed E-state index contributed by atoms with van der Waals surface area (Å²) in [6.45, 7) is 0. The van der Waals surface area contributed by atoms with E-state index < -0.39 is 17.6 Å². The van der Waals surface area contributed by atoms with Crippen molar-refractivity contribution in [3.63, 3.8) is 0 Å². The highest BCUT2D eigenvalue weighted by atomic mass is 16.4. The zero-order valence-electron chi connectivity index (χ0n) is 4.87. The van der Waals surface area contributed by atoms with Gasteiger partial charge in [0, 0.05) is 0 Å². The molecule has 9 heavy (non-hydrogen) atoms. The maximum atomic E-state index is 10.2. The molecule has 0 heterocycles. The summed E-state index contributed by atoms with van der Waals surface area (Å²) in [5.74, 6) is -1.11. The molecule has 0 radical (unpaired) electrons. The van der Waals surface area contributed by atoms with Crippen LogP contribution in [0.5, 0.6) is 0 Å². The van der Waals surface area contributed by atoms with E-state index in [0.717, 1.165) is 0 Å². The van der Waals surface area contributed by atoms with E-state index >= 15 is 0 Å². The predicted octanol–water partition coefficient (Wildman–Crippen LogP) is -1.08. The molecule has 0 aromatic carbocycles. The number of hydrogen-bond donors (Lipinski definition) is 3. The summed E-state index contributed by atoms with van der Waals surface area (Å²) < 4.78 is 0. The van der Waals surface area contributed by atoms with E-state index in [1.165, 1.54) is 0 Å². The van der Waals surface area contributed by atoms with Crippen LogP contribution in [0.1, 0.15) is 12.8 Å². The van der Waals surface area contributed by atoms with Crippen LogP contribution < -0.4 is 5.73 Å². The molecule has 0 amide bonds. The van der Waals surface area contributed by atoms with E-state index in [1.54, 1.807) is 0 Å². The number of carboxylic acid groups (broad SMARTS) is 1. The minimum atomic E-state index is -1.35. The van der Waals surface area contributed by atoms with Gasteiger partial charge in [-0.15, -0.1) is 0 Å². The molecule has 0 aliphatic heterocycles. The molecule has 1 fully saturated rings. The summed E-state index contributed by atoms with van der Waals surface area (Å²) in [4.78, 5) is 10.2. The van der Waals surface area contributed by atoms with Gasteiger partial charge in [-0.2, -0.15) is 0 Å². The number of aliphatic hydroxyl groups excluding tert-OH is 1. The summed E-state index contributed by atoms with van der Waals surface area (Å²) in [5.41, 5.74) is 3.89. The van der Waals surface area contributed by atoms with Gasteiger partial charge >= 0.3 is 5.97 Å². The average molecular weight is 131 g/mol. The normalized spacial score (nSPS) is 41.8. The Morgan fingerprint density at radius 2 is 2.33 bits per heavy atom. The Kier molecular flexibility index (Phi) is 1.22. The highest BCUT2D eigenvalue weighted by Gasteiger charge is 2.49. The lowest BCUT2D eigenvalue weighted by Crippen LogP contribution is -2.64. The second-order valence-electron chi connectivity index (χ2n) is 2.40. The monoisotopic (exact) mass is 131 g/mol. The van der Waals surface area contributed by atoms with E-state index in [-0.39, 0.29) is 0 Å². The third-order valence-corrected chi connectivity index (χ3v) is 1.82. The quantitative estimate of drug-likeness (QED) is 0.423. The van der Waals surface area contributed by atoms with Crippen LogP contribution in [0.3, 0.4) is 0 Å². The molecular formula is C5H9NO3. The van der Waals surface area contributed by atoms with Crippen molar-refractivity contribution >= 4 is 5.97 Å². The van der Waals surface area contributed by atoms with Gasteiger partial charge in [-0.1, -0.05) is 0 Å². The van der Waals surface area contributed by atoms with Crippen molar-refractivity contribution in [2.24, 2.45) is 5.73 Å². The van der Waals surface area contributed by atoms with Gasteiger partial charge < -0.3 is 15.9 Å². The summed E-state index contributed by atoms with van der Waals surface area (Å²) in [6.07, 6.45) is 0.0294. The third-order valence-electron chi connectivity index (χ3n) is 1.82. The standard InChI is InChI=1S/C5H9NO3/c6-5(4(8)9)2-1-3(5)7/h3,7H,1-2,6H2,(H,8,9)/t3-,5+/m1/s1. The molecule has 1 saturated carbocycles. The Hall–Kier alpha value is -0.610. The first-order chi connectivity index (χ1) is 4.07. The number of carbonyl (C=O) groups is 1. The lowest BCUT2D eigenvalue weighted by Gasteiger charge is -2.39. The molecule has 0 spiro atoms. The van der Waals surface area contributed by atoms with Crippen LogP contribution in [-0.2, 0) is 4.79 Å². The zero-order chi connectivity index (χ0) is 7.07. The second-order valence-corrected chi connectivity index (χ2v) is 2.40. The molecule has 52 valence electrons. The molecule has 1 rings (SSSR count). The molecule has 1 aliphatic rings. The molecule has 1 aliphatic carbocycles. The van der Waals surface area contributed by atoms with E-state index in [1.807, 2.05) is 0 Å². The minimum Gasteiger partial charge on any atom is -0.480 e. The summed E-state index contributed by atoms with van der Waals surface area (Å²) in [6, 6.07) is 0. The highest BCUT2D eigenvalue weighted by molar-refractivity contribution is 5.80. The van der Waals surface area contributed by atoms with Crippen LogP contribution >= 0.6 is 0 Å². The molecule has 4 heteroatoms. The smallest absolute Gasteiger partial charge is 0.326 e. The van der Waals surface area contributed by atoms with E-state index in [2.05, 4.69) is 0 Å². The molecule has 0 aromatic rings. The van der Waals surface area contributed by atoms with Crippen LogP contribution in [0.4, 0.5) is 0 Å². The molecule has 0 saturated heterocycles. The van der Waals surface area contributed by atoms with E-state index in [9.17, 15) is 4.79 Å². The van der Waals surface area contributed by atoms with E-state index in [0.29, 0.717) is 12.8 Å². The minimum absolute atomic E-state index is 0.378. The Morgan fingerprint density at radius 3 is 2.33 bits per heavy atom. The lowest BCUT2D eigenvalue weighted by atomic mass is 9.75. The zero-order valence-corrected chi connectivity index (χ0v) is 4.87. The van der Waals surface area contributed by atoms with Crippen molar-refractivity contribution in [1.29, 1.82) is 0 Å². The van der Waals surface area contributed by atoms with Gasteiger partial charge in [0.2, 0.25) is 0 Å². The maximum absolute atomic E-state index is 10.2. The van der Waals surface area contributed by atoms with Crippen LogP contribution in [-0.4, -0.2) is 27.8 Å². The SMILES string of the molecule is N[C@@]1(C(=O)O)CC[C@H]1O. The van der Waals surface area contributed by atoms with Gasteiger partial charge in [0.05, 0.1) is 6.10 Å². The Bertz CT molecular complexity index is 147. The molecule has 0 bridgehead atoms. The van der Waals surface area contributed by atoms with Crippen molar-refractivity contribution in [1.82, 2.24) is 0 Å². The van der Waals surface area contributed by atoms with Crippen molar-refractivity contribution in [3.05, 3.63) is 0 Å². The Morgan fingerprint density at radius 1 is 1.78 bits per heavy atom. The van der Waals surface area contributed by atoms with Crippen LogP contribution in [0.15, 0.2) is 0 Å². The Labute approximate surface area is 52.3 Å². The molecule has 4 N–H and O–H groups in total. The van der Waals surface area contributed by atoms with Gasteiger partial charge in [-0.3, -0.25) is 4.79 Å². The maximum Gasteiger partial charge on any atom is 0.326 e. The Balaban J connectivity index is 2.64. The molecule has 2 atom stereocenters. The van der Waals surface area contributed by atoms with Gasteiger partial charge in [-0.25, -0.2) is 0 Å². The average Bonchev–Trinajstić information content (AvgIpc) is 1.82. The largest absolute Gasteiger partial charge is 0.480 e.